The Morgan fingerprint density at radius 3 is 1.64 bits per heavy atom. The number of carboxylic acids is 1. The third kappa shape index (κ3) is 37.3. The van der Waals surface area contributed by atoms with Crippen molar-refractivity contribution in [2.24, 2.45) is 5.73 Å². The molecule has 0 aromatic rings. The molecule has 1 atom stereocenters. The van der Waals surface area contributed by atoms with Gasteiger partial charge in [-0.15, -0.1) is 0 Å². The Morgan fingerprint density at radius 2 is 1.64 bits per heavy atom. The molecule has 0 amide bonds. The zero-order valence-electron chi connectivity index (χ0n) is 7.71. The summed E-state index contributed by atoms with van der Waals surface area (Å²) < 4.78 is 34.1. The zero-order chi connectivity index (χ0) is 10.4. The first-order valence-corrected chi connectivity index (χ1v) is 4.41. The van der Waals surface area contributed by atoms with Crippen LogP contribution in [0, 0.1) is 0 Å². The van der Waals surface area contributed by atoms with Crippen LogP contribution in [-0.4, -0.2) is 40.4 Å². The Kier molecular flexibility index (Phi) is 22.5. The maximum absolute atomic E-state index is 9.76. The van der Waals surface area contributed by atoms with Crippen LogP contribution in [0.15, 0.2) is 0 Å². The maximum atomic E-state index is 9.76. The number of aliphatic carboxylic acids is 1. The first kappa shape index (κ1) is 24.7. The SMILES string of the molecule is N[C@@H](CS)C(=O)O.O=S(=O)([O-])[O-].[Na+].[Na+]. The minimum absolute atomic E-state index is 0. The van der Waals surface area contributed by atoms with Gasteiger partial charge < -0.3 is 19.9 Å². The van der Waals surface area contributed by atoms with E-state index in [-0.39, 0.29) is 64.9 Å². The van der Waals surface area contributed by atoms with E-state index >= 15 is 0 Å². The molecule has 0 fully saturated rings. The Hall–Kier alpha value is 1.65. The van der Waals surface area contributed by atoms with Crippen LogP contribution in [0.25, 0.3) is 0 Å². The zero-order valence-corrected chi connectivity index (χ0v) is 13.4. The van der Waals surface area contributed by atoms with E-state index in [4.69, 9.17) is 28.4 Å². The molecule has 0 heterocycles. The molecule has 0 aliphatic heterocycles. The number of nitrogens with two attached hydrogens (primary N) is 1. The van der Waals surface area contributed by atoms with Crippen molar-refractivity contribution in [3.8, 4) is 0 Å². The molecule has 14 heavy (non-hydrogen) atoms. The first-order chi connectivity index (χ1) is 5.18. The second kappa shape index (κ2) is 12.7. The van der Waals surface area contributed by atoms with E-state index in [0.29, 0.717) is 0 Å². The van der Waals surface area contributed by atoms with Gasteiger partial charge in [0, 0.05) is 16.2 Å². The molecule has 0 aliphatic carbocycles. The van der Waals surface area contributed by atoms with Gasteiger partial charge in [0.15, 0.2) is 0 Å². The van der Waals surface area contributed by atoms with Crippen LogP contribution < -0.4 is 64.8 Å². The summed E-state index contributed by atoms with van der Waals surface area (Å²) in [5.41, 5.74) is 4.94. The second-order valence-electron chi connectivity index (χ2n) is 1.54. The van der Waals surface area contributed by atoms with Crippen LogP contribution in [0.2, 0.25) is 0 Å². The van der Waals surface area contributed by atoms with Crippen LogP contribution in [0.4, 0.5) is 0 Å². The van der Waals surface area contributed by atoms with Crippen molar-refractivity contribution in [3.05, 3.63) is 0 Å². The molecule has 74 valence electrons. The summed E-state index contributed by atoms with van der Waals surface area (Å²) in [6.07, 6.45) is 0. The number of hydrogen-bond acceptors (Lipinski definition) is 7. The second-order valence-corrected chi connectivity index (χ2v) is 2.72. The van der Waals surface area contributed by atoms with E-state index in [9.17, 15) is 4.79 Å². The van der Waals surface area contributed by atoms with Crippen molar-refractivity contribution < 1.29 is 86.5 Å². The van der Waals surface area contributed by atoms with Crippen LogP contribution in [0.1, 0.15) is 0 Å². The van der Waals surface area contributed by atoms with Gasteiger partial charge in [-0.25, -0.2) is 0 Å². The average Bonchev–Trinajstić information content (AvgIpc) is 1.82. The summed E-state index contributed by atoms with van der Waals surface area (Å²) in [4.78, 5) is 9.76. The number of carboxylic acid groups (broad SMARTS) is 1. The third-order valence-corrected chi connectivity index (χ3v) is 0.907. The maximum Gasteiger partial charge on any atom is 1.00 e. The number of thiol groups is 1. The molecule has 0 aliphatic rings. The number of carbonyl (C=O) groups is 1. The molecule has 0 unspecified atom stereocenters. The number of rotatable bonds is 2. The summed E-state index contributed by atoms with van der Waals surface area (Å²) >= 11 is 3.65. The standard InChI is InChI=1S/C3H7NO2S.2Na.H2O4S/c4-2(1-7)3(5)6;;;1-5(2,3)4/h2,7H,1,4H2,(H,5,6);;;(H2,1,2,3,4)/q;2*+1;/p-2/t2-;;;/m0.../s1. The summed E-state index contributed by atoms with van der Waals surface area (Å²) in [6.45, 7) is 0. The van der Waals surface area contributed by atoms with E-state index in [1.165, 1.54) is 0 Å². The summed E-state index contributed by atoms with van der Waals surface area (Å²) in [7, 11) is -5.17. The largest absolute Gasteiger partial charge is 1.00 e. The number of hydrogen-bond donors (Lipinski definition) is 3. The Morgan fingerprint density at radius 1 is 1.43 bits per heavy atom. The smallest absolute Gasteiger partial charge is 0.759 e. The Balaban J connectivity index is -0.0000000651. The van der Waals surface area contributed by atoms with E-state index in [1.54, 1.807) is 0 Å². The predicted octanol–water partition coefficient (Wildman–Crippen LogP) is -8.00. The van der Waals surface area contributed by atoms with Crippen molar-refractivity contribution in [1.82, 2.24) is 0 Å². The molecule has 7 nitrogen and oxygen atoms in total. The van der Waals surface area contributed by atoms with Crippen molar-refractivity contribution in [2.75, 3.05) is 5.75 Å². The minimum Gasteiger partial charge on any atom is -0.759 e. The predicted molar refractivity (Wildman–Crippen MR) is 39.9 cm³/mol. The molecule has 0 rings (SSSR count). The molecule has 0 radical (unpaired) electrons. The minimum atomic E-state index is -5.17. The molecule has 0 spiro atoms. The van der Waals surface area contributed by atoms with Gasteiger partial charge in [-0.2, -0.15) is 12.6 Å². The normalized spacial score (nSPS) is 10.9. The van der Waals surface area contributed by atoms with E-state index in [0.717, 1.165) is 0 Å². The quantitative estimate of drug-likeness (QED) is 0.194. The van der Waals surface area contributed by atoms with Crippen LogP contribution in [0.5, 0.6) is 0 Å². The van der Waals surface area contributed by atoms with Gasteiger partial charge in [0.05, 0.1) is 0 Å². The topological polar surface area (TPSA) is 144 Å². The first-order valence-electron chi connectivity index (χ1n) is 2.44. The summed E-state index contributed by atoms with van der Waals surface area (Å²) in [5.74, 6) is -0.815. The van der Waals surface area contributed by atoms with Gasteiger partial charge in [0.2, 0.25) is 0 Å². The molecule has 3 N–H and O–H groups in total. The molecule has 0 aromatic heterocycles. The molecule has 0 saturated carbocycles. The molecular weight excluding hydrogens is 256 g/mol. The van der Waals surface area contributed by atoms with Gasteiger partial charge in [-0.05, 0) is 0 Å². The molecule has 0 bridgehead atoms. The van der Waals surface area contributed by atoms with E-state index < -0.39 is 22.4 Å². The average molecular weight is 263 g/mol. The van der Waals surface area contributed by atoms with Crippen molar-refractivity contribution in [1.29, 1.82) is 0 Å². The van der Waals surface area contributed by atoms with Crippen LogP contribution in [-0.2, 0) is 15.2 Å². The fourth-order valence-corrected chi connectivity index (χ4v) is 0.234. The molecule has 0 saturated heterocycles. The van der Waals surface area contributed by atoms with Crippen molar-refractivity contribution in [3.63, 3.8) is 0 Å². The molecule has 0 aromatic carbocycles. The van der Waals surface area contributed by atoms with Crippen molar-refractivity contribution in [2.45, 2.75) is 6.04 Å². The third-order valence-electron chi connectivity index (χ3n) is 0.514. The summed E-state index contributed by atoms with van der Waals surface area (Å²) in [5, 5.41) is 8.01. The van der Waals surface area contributed by atoms with Crippen molar-refractivity contribution >= 4 is 29.0 Å². The van der Waals surface area contributed by atoms with Gasteiger partial charge in [0.1, 0.15) is 6.04 Å². The van der Waals surface area contributed by atoms with E-state index in [1.807, 2.05) is 0 Å². The fraction of sp³-hybridized carbons (Fsp3) is 0.667. The Bertz CT molecular complexity index is 223. The monoisotopic (exact) mass is 263 g/mol. The van der Waals surface area contributed by atoms with Gasteiger partial charge in [0.25, 0.3) is 0 Å². The Labute approximate surface area is 131 Å². The van der Waals surface area contributed by atoms with Gasteiger partial charge >= 0.3 is 65.1 Å². The van der Waals surface area contributed by atoms with Gasteiger partial charge in [-0.1, -0.05) is 0 Å². The van der Waals surface area contributed by atoms with Crippen LogP contribution in [0.3, 0.4) is 0 Å². The van der Waals surface area contributed by atoms with E-state index in [2.05, 4.69) is 12.6 Å². The fourth-order valence-electron chi connectivity index (χ4n) is 0.0781. The molecule has 11 heteroatoms. The summed E-state index contributed by atoms with van der Waals surface area (Å²) in [6, 6.07) is -0.816. The van der Waals surface area contributed by atoms with Crippen LogP contribution >= 0.6 is 12.6 Å². The van der Waals surface area contributed by atoms with Gasteiger partial charge in [-0.3, -0.25) is 13.2 Å². The molecular formula is C3H7NNa2O6S2.